The van der Waals surface area contributed by atoms with Gasteiger partial charge in [-0.25, -0.2) is 4.90 Å². The van der Waals surface area contributed by atoms with Crippen molar-refractivity contribution in [1.29, 1.82) is 0 Å². The molecule has 5 rings (SSSR count). The lowest BCUT2D eigenvalue weighted by Crippen LogP contribution is -2.32. The summed E-state index contributed by atoms with van der Waals surface area (Å²) >= 11 is 0. The number of aryl methyl sites for hydroxylation is 3. The molecule has 1 aliphatic heterocycles. The molecule has 4 aromatic carbocycles. The lowest BCUT2D eigenvalue weighted by molar-refractivity contribution is -0.120. The Hall–Kier alpha value is -4.18. The number of nitrogens with one attached hydrogen (secondary N) is 1. The first-order valence-electron chi connectivity index (χ1n) is 11.5. The van der Waals surface area contributed by atoms with Gasteiger partial charge in [-0.1, -0.05) is 79.2 Å². The van der Waals surface area contributed by atoms with Gasteiger partial charge >= 0.3 is 0 Å². The van der Waals surface area contributed by atoms with Crippen molar-refractivity contribution in [2.24, 2.45) is 0 Å². The van der Waals surface area contributed by atoms with Crippen LogP contribution in [0.25, 0.3) is 16.3 Å². The third-order valence-corrected chi connectivity index (χ3v) is 6.39. The van der Waals surface area contributed by atoms with Gasteiger partial charge in [-0.3, -0.25) is 9.59 Å². The van der Waals surface area contributed by atoms with Gasteiger partial charge in [-0.05, 0) is 60.5 Å². The summed E-state index contributed by atoms with van der Waals surface area (Å²) in [6.07, 6.45) is 0.891. The highest BCUT2D eigenvalue weighted by Gasteiger charge is 2.40. The average molecular weight is 447 g/mol. The van der Waals surface area contributed by atoms with Crippen molar-refractivity contribution in [3.63, 3.8) is 0 Å². The zero-order valence-corrected chi connectivity index (χ0v) is 19.6. The summed E-state index contributed by atoms with van der Waals surface area (Å²) in [6, 6.07) is 27.5. The molecule has 4 nitrogen and oxygen atoms in total. The second-order valence-corrected chi connectivity index (χ2v) is 8.69. The van der Waals surface area contributed by atoms with E-state index in [1.807, 2.05) is 98.8 Å². The SMILES string of the molecule is CCc1ccc(N2C(=O)C(Nc3cccc4ccccc34)=C(c3ccc(C)cc3C)C2=O)cc1. The van der Waals surface area contributed by atoms with Crippen molar-refractivity contribution in [1.82, 2.24) is 0 Å². The molecule has 0 spiro atoms. The van der Waals surface area contributed by atoms with Crippen LogP contribution < -0.4 is 10.2 Å². The summed E-state index contributed by atoms with van der Waals surface area (Å²) in [4.78, 5) is 28.8. The van der Waals surface area contributed by atoms with E-state index in [-0.39, 0.29) is 11.8 Å². The van der Waals surface area contributed by atoms with Crippen LogP contribution in [-0.4, -0.2) is 11.8 Å². The number of amides is 2. The number of benzene rings is 4. The molecule has 168 valence electrons. The van der Waals surface area contributed by atoms with Crippen molar-refractivity contribution in [2.75, 3.05) is 10.2 Å². The number of hydrogen-bond donors (Lipinski definition) is 1. The highest BCUT2D eigenvalue weighted by molar-refractivity contribution is 6.46. The van der Waals surface area contributed by atoms with E-state index in [1.165, 1.54) is 4.90 Å². The van der Waals surface area contributed by atoms with Crippen LogP contribution in [0.15, 0.2) is 90.6 Å². The summed E-state index contributed by atoms with van der Waals surface area (Å²) < 4.78 is 0. The molecule has 2 amide bonds. The zero-order valence-electron chi connectivity index (χ0n) is 19.6. The largest absolute Gasteiger partial charge is 0.350 e. The maximum absolute atomic E-state index is 13.8. The van der Waals surface area contributed by atoms with Gasteiger partial charge < -0.3 is 5.32 Å². The third-order valence-electron chi connectivity index (χ3n) is 6.39. The lowest BCUT2D eigenvalue weighted by atomic mass is 9.97. The van der Waals surface area contributed by atoms with Crippen LogP contribution in [0.4, 0.5) is 11.4 Å². The summed E-state index contributed by atoms with van der Waals surface area (Å²) in [6.45, 7) is 6.07. The van der Waals surface area contributed by atoms with Crippen molar-refractivity contribution in [3.05, 3.63) is 113 Å². The van der Waals surface area contributed by atoms with Gasteiger partial charge in [0.25, 0.3) is 11.8 Å². The number of carbonyl (C=O) groups excluding carboxylic acids is 2. The highest BCUT2D eigenvalue weighted by Crippen LogP contribution is 2.36. The van der Waals surface area contributed by atoms with Crippen LogP contribution in [0.5, 0.6) is 0 Å². The van der Waals surface area contributed by atoms with E-state index in [2.05, 4.69) is 12.2 Å². The molecule has 1 aliphatic rings. The van der Waals surface area contributed by atoms with Gasteiger partial charge in [-0.2, -0.15) is 0 Å². The molecule has 0 unspecified atom stereocenters. The lowest BCUT2D eigenvalue weighted by Gasteiger charge is -2.16. The minimum absolute atomic E-state index is 0.299. The molecular weight excluding hydrogens is 420 g/mol. The second kappa shape index (κ2) is 8.64. The normalized spacial score (nSPS) is 13.8. The summed E-state index contributed by atoms with van der Waals surface area (Å²) in [5, 5.41) is 5.39. The Morgan fingerprint density at radius 1 is 0.794 bits per heavy atom. The number of nitrogens with zero attached hydrogens (tertiary/aromatic N) is 1. The van der Waals surface area contributed by atoms with Crippen molar-refractivity contribution in [2.45, 2.75) is 27.2 Å². The first-order valence-corrected chi connectivity index (χ1v) is 11.5. The zero-order chi connectivity index (χ0) is 23.8. The van der Waals surface area contributed by atoms with E-state index in [0.29, 0.717) is 17.0 Å². The Kier molecular flexibility index (Phi) is 5.50. The molecule has 1 N–H and O–H groups in total. The van der Waals surface area contributed by atoms with E-state index in [1.54, 1.807) is 0 Å². The minimum atomic E-state index is -0.350. The topological polar surface area (TPSA) is 49.4 Å². The molecule has 0 aromatic heterocycles. The Morgan fingerprint density at radius 3 is 2.26 bits per heavy atom. The van der Waals surface area contributed by atoms with Crippen molar-refractivity contribution in [3.8, 4) is 0 Å². The molecule has 34 heavy (non-hydrogen) atoms. The van der Waals surface area contributed by atoms with Gasteiger partial charge in [0.15, 0.2) is 0 Å². The average Bonchev–Trinajstić information content (AvgIpc) is 3.08. The van der Waals surface area contributed by atoms with Gasteiger partial charge in [0.1, 0.15) is 5.70 Å². The number of fused-ring (bicyclic) bond motifs is 1. The Labute approximate surface area is 199 Å². The Balaban J connectivity index is 1.66. The van der Waals surface area contributed by atoms with Crippen LogP contribution in [0.2, 0.25) is 0 Å². The van der Waals surface area contributed by atoms with Gasteiger partial charge in [0.05, 0.1) is 11.3 Å². The first kappa shape index (κ1) is 21.7. The van der Waals surface area contributed by atoms with Crippen LogP contribution in [0.1, 0.15) is 29.2 Å². The fraction of sp³-hybridized carbons (Fsp3) is 0.133. The second-order valence-electron chi connectivity index (χ2n) is 8.69. The summed E-state index contributed by atoms with van der Waals surface area (Å²) in [7, 11) is 0. The molecule has 0 saturated heterocycles. The predicted octanol–water partition coefficient (Wildman–Crippen LogP) is 6.42. The van der Waals surface area contributed by atoms with Gasteiger partial charge in [0, 0.05) is 11.1 Å². The molecule has 1 heterocycles. The fourth-order valence-electron chi connectivity index (χ4n) is 4.57. The predicted molar refractivity (Wildman–Crippen MR) is 139 cm³/mol. The first-order chi connectivity index (χ1) is 16.5. The summed E-state index contributed by atoms with van der Waals surface area (Å²) in [5.41, 5.74) is 6.04. The van der Waals surface area contributed by atoms with Crippen LogP contribution in [-0.2, 0) is 16.0 Å². The number of anilines is 2. The minimum Gasteiger partial charge on any atom is -0.350 e. The maximum atomic E-state index is 13.8. The molecule has 0 aliphatic carbocycles. The molecule has 4 heteroatoms. The molecule has 0 saturated carbocycles. The number of rotatable bonds is 5. The van der Waals surface area contributed by atoms with E-state index in [4.69, 9.17) is 0 Å². The Morgan fingerprint density at radius 2 is 1.53 bits per heavy atom. The quantitative estimate of drug-likeness (QED) is 0.360. The van der Waals surface area contributed by atoms with E-state index in [9.17, 15) is 9.59 Å². The molecule has 0 fully saturated rings. The molecule has 0 bridgehead atoms. The number of imide groups is 1. The van der Waals surface area contributed by atoms with E-state index in [0.717, 1.165) is 45.1 Å². The van der Waals surface area contributed by atoms with Crippen LogP contribution >= 0.6 is 0 Å². The standard InChI is InChI=1S/C30H26N2O2/c1-4-21-13-15-23(16-14-21)32-29(33)27(24-17-12-19(2)18-20(24)3)28(30(32)34)31-26-11-7-9-22-8-5-6-10-25(22)26/h5-18,31H,4H2,1-3H3. The maximum Gasteiger partial charge on any atom is 0.282 e. The molecular formula is C30H26N2O2. The number of carbonyl (C=O) groups is 2. The number of hydrogen-bond acceptors (Lipinski definition) is 3. The van der Waals surface area contributed by atoms with E-state index >= 15 is 0 Å². The van der Waals surface area contributed by atoms with Crippen LogP contribution in [0, 0.1) is 13.8 Å². The molecule has 0 radical (unpaired) electrons. The van der Waals surface area contributed by atoms with Crippen molar-refractivity contribution >= 4 is 39.5 Å². The summed E-state index contributed by atoms with van der Waals surface area (Å²) in [5.74, 6) is -0.666. The Bertz CT molecular complexity index is 1460. The fourth-order valence-corrected chi connectivity index (χ4v) is 4.57. The third kappa shape index (κ3) is 3.67. The van der Waals surface area contributed by atoms with Gasteiger partial charge in [-0.15, -0.1) is 0 Å². The highest BCUT2D eigenvalue weighted by atomic mass is 16.2. The van der Waals surface area contributed by atoms with Crippen LogP contribution in [0.3, 0.4) is 0 Å². The molecule has 0 atom stereocenters. The van der Waals surface area contributed by atoms with E-state index < -0.39 is 0 Å². The van der Waals surface area contributed by atoms with Gasteiger partial charge in [0.2, 0.25) is 0 Å². The molecule has 4 aromatic rings. The monoisotopic (exact) mass is 446 g/mol. The smallest absolute Gasteiger partial charge is 0.282 e. The van der Waals surface area contributed by atoms with Crippen molar-refractivity contribution < 1.29 is 9.59 Å².